The second-order valence-electron chi connectivity index (χ2n) is 5.09. The summed E-state index contributed by atoms with van der Waals surface area (Å²) in [7, 11) is 0. The number of ether oxygens (including phenoxy) is 1. The summed E-state index contributed by atoms with van der Waals surface area (Å²) < 4.78 is 21.4. The molecule has 8 nitrogen and oxygen atoms in total. The number of hydrogen-bond donors (Lipinski definition) is 1. The molecule has 1 aliphatic heterocycles. The number of anilines is 1. The van der Waals surface area contributed by atoms with Crippen LogP contribution in [0.3, 0.4) is 0 Å². The van der Waals surface area contributed by atoms with Gasteiger partial charge in [0.25, 0.3) is 0 Å². The number of rotatable bonds is 4. The summed E-state index contributed by atoms with van der Waals surface area (Å²) in [4.78, 5) is 18.1. The van der Waals surface area contributed by atoms with Gasteiger partial charge >= 0.3 is 5.69 Å². The van der Waals surface area contributed by atoms with Gasteiger partial charge in [0.2, 0.25) is 0 Å². The molecule has 2 N–H and O–H groups in total. The zero-order valence-corrected chi connectivity index (χ0v) is 11.8. The molecule has 0 bridgehead atoms. The van der Waals surface area contributed by atoms with E-state index in [4.69, 9.17) is 16.0 Å². The van der Waals surface area contributed by atoms with Crippen molar-refractivity contribution in [2.24, 2.45) is 11.0 Å². The van der Waals surface area contributed by atoms with E-state index >= 15 is 0 Å². The van der Waals surface area contributed by atoms with Gasteiger partial charge in [-0.25, -0.2) is 9.18 Å². The lowest BCUT2D eigenvalue weighted by molar-refractivity contribution is -0.0860. The van der Waals surface area contributed by atoms with Crippen molar-refractivity contribution in [2.75, 3.05) is 12.3 Å². The van der Waals surface area contributed by atoms with Gasteiger partial charge in [0.1, 0.15) is 5.82 Å². The van der Waals surface area contributed by atoms with Gasteiger partial charge in [-0.2, -0.15) is 4.98 Å². The van der Waals surface area contributed by atoms with E-state index in [9.17, 15) is 9.18 Å². The fourth-order valence-electron chi connectivity index (χ4n) is 2.63. The maximum atomic E-state index is 14.6. The number of aromatic nitrogens is 2. The fourth-order valence-corrected chi connectivity index (χ4v) is 2.63. The number of alkyl halides is 1. The monoisotopic (exact) mass is 296 g/mol. The topological polar surface area (TPSA) is 119 Å². The van der Waals surface area contributed by atoms with E-state index in [1.165, 1.54) is 12.3 Å². The summed E-state index contributed by atoms with van der Waals surface area (Å²) in [5.74, 6) is -0.462. The van der Waals surface area contributed by atoms with Gasteiger partial charge in [0, 0.05) is 17.0 Å². The minimum atomic E-state index is -1.41. The molecule has 114 valence electrons. The maximum Gasteiger partial charge on any atom is 0.351 e. The summed E-state index contributed by atoms with van der Waals surface area (Å²) in [6, 6.07) is 1.40. The lowest BCUT2D eigenvalue weighted by Gasteiger charge is -2.29. The fraction of sp³-hybridized carbons (Fsp3) is 0.667. The average Bonchev–Trinajstić information content (AvgIpc) is 2.71. The van der Waals surface area contributed by atoms with Crippen LogP contribution in [-0.4, -0.2) is 27.9 Å². The van der Waals surface area contributed by atoms with E-state index in [0.29, 0.717) is 6.42 Å². The highest BCUT2D eigenvalue weighted by Crippen LogP contribution is 2.45. The van der Waals surface area contributed by atoms with Crippen LogP contribution >= 0.6 is 0 Å². The molecule has 1 fully saturated rings. The first-order valence-corrected chi connectivity index (χ1v) is 6.62. The van der Waals surface area contributed by atoms with E-state index in [1.54, 1.807) is 6.92 Å². The minimum absolute atomic E-state index is 0.00916. The van der Waals surface area contributed by atoms with Crippen molar-refractivity contribution in [1.82, 2.24) is 9.55 Å². The largest absolute Gasteiger partial charge is 0.383 e. The van der Waals surface area contributed by atoms with Crippen LogP contribution < -0.4 is 11.4 Å². The van der Waals surface area contributed by atoms with Gasteiger partial charge in [0.05, 0.1) is 12.1 Å². The molecule has 1 aliphatic rings. The van der Waals surface area contributed by atoms with Crippen LogP contribution in [0.25, 0.3) is 10.4 Å². The number of hydrogen-bond acceptors (Lipinski definition) is 5. The highest BCUT2D eigenvalue weighted by molar-refractivity contribution is 5.23. The molecule has 2 rings (SSSR count). The lowest BCUT2D eigenvalue weighted by atomic mass is 9.85. The molecule has 0 spiro atoms. The Hall–Kier alpha value is -2.12. The predicted octanol–water partition coefficient (Wildman–Crippen LogP) is 1.79. The highest BCUT2D eigenvalue weighted by Gasteiger charge is 2.52. The molecule has 21 heavy (non-hydrogen) atoms. The molecule has 1 aromatic heterocycles. The Kier molecular flexibility index (Phi) is 4.15. The smallest absolute Gasteiger partial charge is 0.351 e. The van der Waals surface area contributed by atoms with Gasteiger partial charge in [0.15, 0.2) is 12.4 Å². The molecule has 1 saturated heterocycles. The van der Waals surface area contributed by atoms with Gasteiger partial charge < -0.3 is 10.5 Å². The normalized spacial score (nSPS) is 31.9. The number of nitrogens with zero attached hydrogens (tertiary/aromatic N) is 5. The Morgan fingerprint density at radius 3 is 3.00 bits per heavy atom. The number of azide groups is 1. The SMILES string of the molecule is CC[C@@]1(CN=[N+]=[N-])O[C@@H](n2ccc(N)nc2=O)[C@@H](F)[C@@H]1C. The zero-order valence-electron chi connectivity index (χ0n) is 11.8. The van der Waals surface area contributed by atoms with Gasteiger partial charge in [-0.05, 0) is 18.0 Å². The first-order chi connectivity index (χ1) is 9.95. The van der Waals surface area contributed by atoms with Crippen LogP contribution in [-0.2, 0) is 4.74 Å². The van der Waals surface area contributed by atoms with Crippen molar-refractivity contribution >= 4 is 5.82 Å². The summed E-state index contributed by atoms with van der Waals surface area (Å²) in [6.07, 6.45) is -0.703. The summed E-state index contributed by atoms with van der Waals surface area (Å²) in [6.45, 7) is 3.51. The van der Waals surface area contributed by atoms with Crippen molar-refractivity contribution in [2.45, 2.75) is 38.3 Å². The molecule has 0 amide bonds. The Balaban J connectivity index is 2.39. The first-order valence-electron chi connectivity index (χ1n) is 6.62. The van der Waals surface area contributed by atoms with E-state index in [-0.39, 0.29) is 12.4 Å². The molecule has 1 aromatic rings. The third-order valence-corrected chi connectivity index (χ3v) is 4.06. The van der Waals surface area contributed by atoms with Crippen LogP contribution in [0, 0.1) is 5.92 Å². The van der Waals surface area contributed by atoms with Crippen LogP contribution in [0.1, 0.15) is 26.5 Å². The second kappa shape index (κ2) is 5.71. The Morgan fingerprint density at radius 2 is 2.43 bits per heavy atom. The molecule has 0 aliphatic carbocycles. The summed E-state index contributed by atoms with van der Waals surface area (Å²) >= 11 is 0. The van der Waals surface area contributed by atoms with Crippen LogP contribution in [0.5, 0.6) is 0 Å². The highest BCUT2D eigenvalue weighted by atomic mass is 19.1. The minimum Gasteiger partial charge on any atom is -0.383 e. The van der Waals surface area contributed by atoms with Crippen molar-refractivity contribution < 1.29 is 9.13 Å². The van der Waals surface area contributed by atoms with Crippen molar-refractivity contribution in [1.29, 1.82) is 0 Å². The Bertz CT molecular complexity index is 628. The number of nitrogens with two attached hydrogens (primary N) is 1. The molecular weight excluding hydrogens is 279 g/mol. The van der Waals surface area contributed by atoms with Crippen LogP contribution in [0.2, 0.25) is 0 Å². The van der Waals surface area contributed by atoms with E-state index in [1.807, 2.05) is 6.92 Å². The third-order valence-electron chi connectivity index (χ3n) is 4.06. The van der Waals surface area contributed by atoms with Crippen molar-refractivity contribution in [3.63, 3.8) is 0 Å². The molecule has 4 atom stereocenters. The standard InChI is InChI=1S/C12H17FN6O2/c1-3-12(6-16-18-15)7(2)9(13)10(21-12)19-5-4-8(14)17-11(19)20/h4-5,7,9-10H,3,6H2,1-2H3,(H2,14,17,20)/t7-,9-,10+,12-/m0/s1. The van der Waals surface area contributed by atoms with Crippen molar-refractivity contribution in [3.8, 4) is 0 Å². The van der Waals surface area contributed by atoms with E-state index in [0.717, 1.165) is 4.57 Å². The van der Waals surface area contributed by atoms with Crippen LogP contribution in [0.15, 0.2) is 22.2 Å². The second-order valence-corrected chi connectivity index (χ2v) is 5.09. The van der Waals surface area contributed by atoms with E-state index < -0.39 is 29.6 Å². The summed E-state index contributed by atoms with van der Waals surface area (Å²) in [5, 5.41) is 3.51. The predicted molar refractivity (Wildman–Crippen MR) is 74.1 cm³/mol. The Morgan fingerprint density at radius 1 is 1.71 bits per heavy atom. The van der Waals surface area contributed by atoms with Crippen LogP contribution in [0.4, 0.5) is 10.2 Å². The third kappa shape index (κ3) is 2.57. The van der Waals surface area contributed by atoms with E-state index in [2.05, 4.69) is 15.0 Å². The Labute approximate surface area is 120 Å². The van der Waals surface area contributed by atoms with Crippen molar-refractivity contribution in [3.05, 3.63) is 33.2 Å². The lowest BCUT2D eigenvalue weighted by Crippen LogP contribution is -2.38. The molecule has 0 aromatic carbocycles. The molecule has 2 heterocycles. The molecule has 9 heteroatoms. The maximum absolute atomic E-state index is 14.6. The summed E-state index contributed by atoms with van der Waals surface area (Å²) in [5.41, 5.74) is 12.3. The molecule has 0 radical (unpaired) electrons. The quantitative estimate of drug-likeness (QED) is 0.517. The molecule has 0 unspecified atom stereocenters. The number of nitrogen functional groups attached to an aromatic ring is 1. The van der Waals surface area contributed by atoms with Gasteiger partial charge in [-0.1, -0.05) is 19.0 Å². The molecule has 0 saturated carbocycles. The molecular formula is C12H17FN6O2. The zero-order chi connectivity index (χ0) is 15.6. The average molecular weight is 296 g/mol. The first kappa shape index (κ1) is 15.3. The number of halogens is 1. The van der Waals surface area contributed by atoms with Gasteiger partial charge in [-0.3, -0.25) is 4.57 Å². The van der Waals surface area contributed by atoms with Gasteiger partial charge in [-0.15, -0.1) is 0 Å².